The molecule has 0 fully saturated rings. The van der Waals surface area contributed by atoms with Gasteiger partial charge in [0.25, 0.3) is 11.8 Å². The Labute approximate surface area is 179 Å². The lowest BCUT2D eigenvalue weighted by Gasteiger charge is -2.20. The van der Waals surface area contributed by atoms with Crippen LogP contribution in [0.4, 0.5) is 11.5 Å². The van der Waals surface area contributed by atoms with Crippen molar-refractivity contribution in [3.05, 3.63) is 77.6 Å². The van der Waals surface area contributed by atoms with Crippen LogP contribution in [-0.2, 0) is 9.53 Å². The average molecular weight is 421 g/mol. The molecule has 1 N–H and O–H groups in total. The van der Waals surface area contributed by atoms with Crippen molar-refractivity contribution >= 4 is 29.3 Å². The van der Waals surface area contributed by atoms with Crippen molar-refractivity contribution in [3.63, 3.8) is 0 Å². The fourth-order valence-electron chi connectivity index (χ4n) is 2.94. The normalized spacial score (nSPS) is 11.5. The van der Waals surface area contributed by atoms with Crippen molar-refractivity contribution in [2.75, 3.05) is 17.3 Å². The van der Waals surface area contributed by atoms with E-state index in [1.54, 1.807) is 57.3 Å². The number of amides is 2. The maximum Gasteiger partial charge on any atom is 0.339 e. The van der Waals surface area contributed by atoms with Crippen LogP contribution in [0.3, 0.4) is 0 Å². The van der Waals surface area contributed by atoms with Crippen LogP contribution in [0.1, 0.15) is 39.8 Å². The van der Waals surface area contributed by atoms with Crippen molar-refractivity contribution in [1.82, 2.24) is 5.16 Å². The Bertz CT molecular complexity index is 1080. The molecule has 8 nitrogen and oxygen atoms in total. The number of aryl methyl sites for hydroxylation is 1. The number of para-hydroxylation sites is 1. The molecule has 1 atom stereocenters. The average Bonchev–Trinajstić information content (AvgIpc) is 3.21. The fraction of sp³-hybridized carbons (Fsp3) is 0.217. The first-order chi connectivity index (χ1) is 14.9. The lowest BCUT2D eigenvalue weighted by molar-refractivity contribution is -0.124. The molecule has 0 bridgehead atoms. The van der Waals surface area contributed by atoms with E-state index in [0.29, 0.717) is 11.4 Å². The number of rotatable bonds is 7. The molecule has 1 aromatic heterocycles. The molecule has 0 saturated carbocycles. The summed E-state index contributed by atoms with van der Waals surface area (Å²) >= 11 is 0. The van der Waals surface area contributed by atoms with E-state index in [0.717, 1.165) is 0 Å². The van der Waals surface area contributed by atoms with Crippen molar-refractivity contribution in [2.45, 2.75) is 26.4 Å². The van der Waals surface area contributed by atoms with Crippen molar-refractivity contribution in [3.8, 4) is 0 Å². The molecule has 0 radical (unpaired) electrons. The Morgan fingerprint density at radius 3 is 2.32 bits per heavy atom. The Hall–Kier alpha value is -3.94. The molecule has 160 valence electrons. The second kappa shape index (κ2) is 9.71. The van der Waals surface area contributed by atoms with E-state index >= 15 is 0 Å². The third-order valence-electron chi connectivity index (χ3n) is 4.62. The van der Waals surface area contributed by atoms with Gasteiger partial charge in [0.2, 0.25) is 0 Å². The predicted octanol–water partition coefficient (Wildman–Crippen LogP) is 3.83. The van der Waals surface area contributed by atoms with Gasteiger partial charge < -0.3 is 19.5 Å². The highest BCUT2D eigenvalue weighted by atomic mass is 16.5. The number of esters is 1. The van der Waals surface area contributed by atoms with E-state index < -0.39 is 18.0 Å². The van der Waals surface area contributed by atoms with Gasteiger partial charge in [-0.2, -0.15) is 0 Å². The van der Waals surface area contributed by atoms with Crippen molar-refractivity contribution < 1.29 is 23.6 Å². The van der Waals surface area contributed by atoms with E-state index in [2.05, 4.69) is 10.5 Å². The first-order valence-corrected chi connectivity index (χ1v) is 9.78. The summed E-state index contributed by atoms with van der Waals surface area (Å²) in [5.41, 5.74) is 0.949. The predicted molar refractivity (Wildman–Crippen MR) is 115 cm³/mol. The lowest BCUT2D eigenvalue weighted by atomic mass is 10.1. The number of hydrogen-bond donors (Lipinski definition) is 1. The van der Waals surface area contributed by atoms with Gasteiger partial charge >= 0.3 is 5.97 Å². The zero-order chi connectivity index (χ0) is 22.4. The van der Waals surface area contributed by atoms with Gasteiger partial charge in [-0.15, -0.1) is 0 Å². The number of anilines is 2. The van der Waals surface area contributed by atoms with E-state index in [4.69, 9.17) is 9.26 Å². The van der Waals surface area contributed by atoms with E-state index in [1.807, 2.05) is 18.2 Å². The molecule has 3 aromatic rings. The number of nitrogens with one attached hydrogen (secondary N) is 1. The SMILES string of the molecule is CC[C@@H](OC(=O)c1ccccc1C(=O)N(C)c1ccccc1)C(=O)Nc1cc(C)on1. The Morgan fingerprint density at radius 2 is 1.71 bits per heavy atom. The second-order valence-corrected chi connectivity index (χ2v) is 6.86. The zero-order valence-electron chi connectivity index (χ0n) is 17.5. The number of hydrogen-bond acceptors (Lipinski definition) is 6. The van der Waals surface area contributed by atoms with Gasteiger partial charge in [-0.3, -0.25) is 9.59 Å². The maximum absolute atomic E-state index is 13.0. The number of aromatic nitrogens is 1. The summed E-state index contributed by atoms with van der Waals surface area (Å²) in [5.74, 6) is -0.889. The highest BCUT2D eigenvalue weighted by Crippen LogP contribution is 2.19. The van der Waals surface area contributed by atoms with Gasteiger partial charge in [0.1, 0.15) is 5.76 Å². The van der Waals surface area contributed by atoms with Crippen LogP contribution in [0.2, 0.25) is 0 Å². The molecular formula is C23H23N3O5. The lowest BCUT2D eigenvalue weighted by Crippen LogP contribution is -2.33. The van der Waals surface area contributed by atoms with Crippen molar-refractivity contribution in [1.29, 1.82) is 0 Å². The summed E-state index contributed by atoms with van der Waals surface area (Å²) in [6.45, 7) is 3.41. The first kappa shape index (κ1) is 21.8. The summed E-state index contributed by atoms with van der Waals surface area (Å²) < 4.78 is 10.3. The number of nitrogens with zero attached hydrogens (tertiary/aromatic N) is 2. The molecule has 1 heterocycles. The van der Waals surface area contributed by atoms with E-state index in [-0.39, 0.29) is 29.3 Å². The summed E-state index contributed by atoms with van der Waals surface area (Å²) in [6.07, 6.45) is -0.812. The monoisotopic (exact) mass is 421 g/mol. The fourth-order valence-corrected chi connectivity index (χ4v) is 2.94. The van der Waals surface area contributed by atoms with Gasteiger partial charge in [0, 0.05) is 18.8 Å². The minimum Gasteiger partial charge on any atom is -0.449 e. The molecule has 0 aliphatic carbocycles. The smallest absolute Gasteiger partial charge is 0.339 e. The highest BCUT2D eigenvalue weighted by molar-refractivity contribution is 6.12. The molecule has 0 saturated heterocycles. The molecule has 0 unspecified atom stereocenters. The number of carbonyl (C=O) groups excluding carboxylic acids is 3. The Kier molecular flexibility index (Phi) is 6.81. The minimum atomic E-state index is -1.06. The van der Waals surface area contributed by atoms with Gasteiger partial charge in [-0.1, -0.05) is 42.4 Å². The van der Waals surface area contributed by atoms with Crippen LogP contribution in [0.25, 0.3) is 0 Å². The van der Waals surface area contributed by atoms with Gasteiger partial charge in [-0.25, -0.2) is 4.79 Å². The summed E-state index contributed by atoms with van der Waals surface area (Å²) in [4.78, 5) is 39.8. The Morgan fingerprint density at radius 1 is 1.06 bits per heavy atom. The molecular weight excluding hydrogens is 398 g/mol. The van der Waals surface area contributed by atoms with E-state index in [1.165, 1.54) is 11.0 Å². The van der Waals surface area contributed by atoms with Crippen LogP contribution in [0, 0.1) is 6.92 Å². The van der Waals surface area contributed by atoms with Crippen LogP contribution in [0.5, 0.6) is 0 Å². The number of ether oxygens (including phenoxy) is 1. The maximum atomic E-state index is 13.0. The van der Waals surface area contributed by atoms with Crippen LogP contribution in [0.15, 0.2) is 65.2 Å². The first-order valence-electron chi connectivity index (χ1n) is 9.78. The summed E-state index contributed by atoms with van der Waals surface area (Å²) in [6, 6.07) is 17.0. The summed E-state index contributed by atoms with van der Waals surface area (Å²) in [5, 5.41) is 6.25. The minimum absolute atomic E-state index is 0.0822. The van der Waals surface area contributed by atoms with Crippen molar-refractivity contribution in [2.24, 2.45) is 0 Å². The third kappa shape index (κ3) is 5.16. The van der Waals surface area contributed by atoms with Gasteiger partial charge in [0.15, 0.2) is 11.9 Å². The molecule has 0 spiro atoms. The third-order valence-corrected chi connectivity index (χ3v) is 4.62. The molecule has 0 aliphatic heterocycles. The molecule has 3 rings (SSSR count). The Balaban J connectivity index is 1.77. The topological polar surface area (TPSA) is 102 Å². The standard InChI is InChI=1S/C23H23N3O5/c1-4-19(21(27)24-20-14-15(2)31-25-20)30-23(29)18-13-9-8-12-17(18)22(28)26(3)16-10-6-5-7-11-16/h5-14,19H,4H2,1-3H3,(H,24,25,27)/t19-/m1/s1. The highest BCUT2D eigenvalue weighted by Gasteiger charge is 2.26. The van der Waals surface area contributed by atoms with Crippen LogP contribution < -0.4 is 10.2 Å². The molecule has 31 heavy (non-hydrogen) atoms. The largest absolute Gasteiger partial charge is 0.449 e. The zero-order valence-corrected chi connectivity index (χ0v) is 17.5. The van der Waals surface area contributed by atoms with E-state index in [9.17, 15) is 14.4 Å². The van der Waals surface area contributed by atoms with Crippen LogP contribution in [-0.4, -0.2) is 36.1 Å². The quantitative estimate of drug-likeness (QED) is 0.582. The molecule has 2 amide bonds. The molecule has 0 aliphatic rings. The van der Waals surface area contributed by atoms with Gasteiger partial charge in [0.05, 0.1) is 11.1 Å². The number of benzene rings is 2. The van der Waals surface area contributed by atoms with Gasteiger partial charge in [-0.05, 0) is 37.6 Å². The molecule has 2 aromatic carbocycles. The molecule has 8 heteroatoms. The second-order valence-electron chi connectivity index (χ2n) is 6.86. The number of carbonyl (C=O) groups is 3. The summed E-state index contributed by atoms with van der Waals surface area (Å²) in [7, 11) is 1.63. The van der Waals surface area contributed by atoms with Crippen LogP contribution >= 0.6 is 0 Å².